The van der Waals surface area contributed by atoms with Crippen LogP contribution >= 0.6 is 0 Å². The molecule has 3 heterocycles. The number of imidazole rings is 1. The number of nitrogens with two attached hydrogens (primary N) is 1. The number of rotatable bonds is 5. The smallest absolute Gasteiger partial charge is 0.177 e. The van der Waals surface area contributed by atoms with Crippen LogP contribution in [-0.2, 0) is 0 Å². The fourth-order valence-electron chi connectivity index (χ4n) is 3.56. The molecule has 5 aromatic rings. The van der Waals surface area contributed by atoms with Crippen molar-refractivity contribution in [1.82, 2.24) is 24.8 Å². The normalized spacial score (nSPS) is 11.6. The van der Waals surface area contributed by atoms with Gasteiger partial charge in [0.2, 0.25) is 0 Å². The molecule has 7 heteroatoms. The first-order valence-corrected chi connectivity index (χ1v) is 10.0. The summed E-state index contributed by atoms with van der Waals surface area (Å²) >= 11 is 0. The molecule has 30 heavy (non-hydrogen) atoms. The molecule has 7 nitrogen and oxygen atoms in total. The van der Waals surface area contributed by atoms with Gasteiger partial charge in [0.15, 0.2) is 11.5 Å². The summed E-state index contributed by atoms with van der Waals surface area (Å²) in [6.45, 7) is 5.23. The molecular weight excluding hydrogens is 374 g/mol. The molecule has 0 spiro atoms. The molecule has 0 amide bonds. The lowest BCUT2D eigenvalue weighted by molar-refractivity contribution is 0.688. The first-order chi connectivity index (χ1) is 14.6. The van der Waals surface area contributed by atoms with Gasteiger partial charge in [-0.05, 0) is 24.1 Å². The molecule has 3 aromatic heterocycles. The molecule has 0 aliphatic carbocycles. The van der Waals surface area contributed by atoms with E-state index >= 15 is 0 Å². The van der Waals surface area contributed by atoms with Crippen LogP contribution in [0, 0.1) is 5.92 Å². The molecule has 0 aliphatic heterocycles. The van der Waals surface area contributed by atoms with Gasteiger partial charge in [0.1, 0.15) is 0 Å². The van der Waals surface area contributed by atoms with Crippen LogP contribution < -0.4 is 11.1 Å². The Labute approximate surface area is 173 Å². The highest BCUT2D eigenvalue weighted by Gasteiger charge is 2.15. The molecule has 0 bridgehead atoms. The standard InChI is InChI=1S/C23H23N7/c1-14(2)12-25-20-11-18(15-6-4-3-5-7-15)29-30-21(13-26-23(20)30)16-8-9-17-19(10-16)27-28-22(17)24/h3-11,13-14,25H,12H2,1-2H3,(H3,24,27,28). The molecule has 0 saturated carbocycles. The van der Waals surface area contributed by atoms with E-state index in [9.17, 15) is 0 Å². The minimum absolute atomic E-state index is 0.499. The first-order valence-electron chi connectivity index (χ1n) is 10.0. The van der Waals surface area contributed by atoms with Crippen molar-refractivity contribution in [1.29, 1.82) is 0 Å². The molecule has 5 rings (SSSR count). The largest absolute Gasteiger partial charge is 0.382 e. The topological polar surface area (TPSA) is 96.9 Å². The Morgan fingerprint density at radius 2 is 1.90 bits per heavy atom. The van der Waals surface area contributed by atoms with E-state index in [2.05, 4.69) is 52.5 Å². The predicted octanol–water partition coefficient (Wildman–Crippen LogP) is 4.59. The lowest BCUT2D eigenvalue weighted by atomic mass is 10.1. The number of anilines is 2. The van der Waals surface area contributed by atoms with Crippen molar-refractivity contribution >= 4 is 28.1 Å². The minimum Gasteiger partial charge on any atom is -0.382 e. The van der Waals surface area contributed by atoms with Crippen LogP contribution in [0.4, 0.5) is 11.5 Å². The summed E-state index contributed by atoms with van der Waals surface area (Å²) < 4.78 is 1.91. The second-order valence-corrected chi connectivity index (χ2v) is 7.83. The number of benzene rings is 2. The summed E-state index contributed by atoms with van der Waals surface area (Å²) in [4.78, 5) is 4.68. The van der Waals surface area contributed by atoms with Crippen LogP contribution in [0.25, 0.3) is 39.1 Å². The average molecular weight is 397 g/mol. The highest BCUT2D eigenvalue weighted by molar-refractivity contribution is 5.91. The van der Waals surface area contributed by atoms with Crippen molar-refractivity contribution in [3.63, 3.8) is 0 Å². The number of hydrogen-bond acceptors (Lipinski definition) is 5. The maximum atomic E-state index is 5.92. The Hall–Kier alpha value is -3.87. The second kappa shape index (κ2) is 7.18. The molecule has 0 aliphatic rings. The van der Waals surface area contributed by atoms with Crippen LogP contribution in [0.3, 0.4) is 0 Å². The quantitative estimate of drug-likeness (QED) is 0.403. The third kappa shape index (κ3) is 3.14. The summed E-state index contributed by atoms with van der Waals surface area (Å²) in [6.07, 6.45) is 1.86. The van der Waals surface area contributed by atoms with Crippen LogP contribution in [-0.4, -0.2) is 31.3 Å². The van der Waals surface area contributed by atoms with E-state index in [-0.39, 0.29) is 0 Å². The van der Waals surface area contributed by atoms with E-state index in [0.717, 1.165) is 51.3 Å². The molecule has 2 aromatic carbocycles. The van der Waals surface area contributed by atoms with E-state index in [1.807, 2.05) is 47.1 Å². The van der Waals surface area contributed by atoms with Gasteiger partial charge in [-0.3, -0.25) is 5.10 Å². The number of aromatic amines is 1. The highest BCUT2D eigenvalue weighted by atomic mass is 15.3. The van der Waals surface area contributed by atoms with Gasteiger partial charge in [-0.15, -0.1) is 0 Å². The molecule has 0 saturated heterocycles. The third-order valence-corrected chi connectivity index (χ3v) is 5.13. The monoisotopic (exact) mass is 397 g/mol. The lowest BCUT2D eigenvalue weighted by Gasteiger charge is -2.13. The van der Waals surface area contributed by atoms with Gasteiger partial charge in [0, 0.05) is 23.1 Å². The third-order valence-electron chi connectivity index (χ3n) is 5.13. The minimum atomic E-state index is 0.499. The van der Waals surface area contributed by atoms with E-state index < -0.39 is 0 Å². The zero-order valence-corrected chi connectivity index (χ0v) is 16.9. The molecular formula is C23H23N7. The predicted molar refractivity (Wildman–Crippen MR) is 121 cm³/mol. The van der Waals surface area contributed by atoms with Crippen molar-refractivity contribution in [3.8, 4) is 22.5 Å². The van der Waals surface area contributed by atoms with E-state index in [1.54, 1.807) is 0 Å². The van der Waals surface area contributed by atoms with E-state index in [1.165, 1.54) is 0 Å². The Morgan fingerprint density at radius 1 is 1.07 bits per heavy atom. The zero-order valence-electron chi connectivity index (χ0n) is 16.9. The lowest BCUT2D eigenvalue weighted by Crippen LogP contribution is -2.10. The Bertz CT molecular complexity index is 1330. The number of nitrogen functional groups attached to an aromatic ring is 1. The van der Waals surface area contributed by atoms with Gasteiger partial charge in [0.25, 0.3) is 0 Å². The number of nitrogens with zero attached hydrogens (tertiary/aromatic N) is 4. The summed E-state index contributed by atoms with van der Waals surface area (Å²) in [7, 11) is 0. The van der Waals surface area contributed by atoms with Crippen LogP contribution in [0.1, 0.15) is 13.8 Å². The van der Waals surface area contributed by atoms with Crippen LogP contribution in [0.2, 0.25) is 0 Å². The van der Waals surface area contributed by atoms with Crippen molar-refractivity contribution in [3.05, 3.63) is 60.8 Å². The van der Waals surface area contributed by atoms with Gasteiger partial charge in [-0.2, -0.15) is 10.2 Å². The van der Waals surface area contributed by atoms with Gasteiger partial charge < -0.3 is 11.1 Å². The van der Waals surface area contributed by atoms with Crippen LogP contribution in [0.15, 0.2) is 60.8 Å². The number of nitrogens with one attached hydrogen (secondary N) is 2. The van der Waals surface area contributed by atoms with Gasteiger partial charge in [-0.25, -0.2) is 9.50 Å². The average Bonchev–Trinajstić information content (AvgIpc) is 3.36. The number of fused-ring (bicyclic) bond motifs is 2. The maximum Gasteiger partial charge on any atom is 0.177 e. The van der Waals surface area contributed by atoms with E-state index in [4.69, 9.17) is 10.8 Å². The zero-order chi connectivity index (χ0) is 20.7. The SMILES string of the molecule is CC(C)CNc1cc(-c2ccccc2)nn2c(-c3ccc4c(N)n[nH]c4c3)cnc12. The Morgan fingerprint density at radius 3 is 2.70 bits per heavy atom. The van der Waals surface area contributed by atoms with Crippen molar-refractivity contribution in [2.24, 2.45) is 5.92 Å². The molecule has 0 atom stereocenters. The van der Waals surface area contributed by atoms with Gasteiger partial charge in [-0.1, -0.05) is 50.2 Å². The van der Waals surface area contributed by atoms with Gasteiger partial charge >= 0.3 is 0 Å². The fourth-order valence-corrected chi connectivity index (χ4v) is 3.56. The summed E-state index contributed by atoms with van der Waals surface area (Å²) in [5.41, 5.74) is 12.4. The first kappa shape index (κ1) is 18.2. The van der Waals surface area contributed by atoms with Crippen molar-refractivity contribution < 1.29 is 0 Å². The Balaban J connectivity index is 1.69. The maximum absolute atomic E-state index is 5.92. The molecule has 0 unspecified atom stereocenters. The number of H-pyrrole nitrogens is 1. The van der Waals surface area contributed by atoms with Crippen molar-refractivity contribution in [2.75, 3.05) is 17.6 Å². The van der Waals surface area contributed by atoms with Gasteiger partial charge in [0.05, 0.1) is 28.8 Å². The second-order valence-electron chi connectivity index (χ2n) is 7.83. The van der Waals surface area contributed by atoms with Crippen LogP contribution in [0.5, 0.6) is 0 Å². The fraction of sp³-hybridized carbons (Fsp3) is 0.174. The summed E-state index contributed by atoms with van der Waals surface area (Å²) in [5.74, 6) is 1.01. The van der Waals surface area contributed by atoms with Crippen molar-refractivity contribution in [2.45, 2.75) is 13.8 Å². The molecule has 150 valence electrons. The number of aromatic nitrogens is 5. The molecule has 0 radical (unpaired) electrons. The Kier molecular flexibility index (Phi) is 4.35. The number of hydrogen-bond donors (Lipinski definition) is 3. The molecule has 0 fully saturated rings. The highest BCUT2D eigenvalue weighted by Crippen LogP contribution is 2.30. The summed E-state index contributed by atoms with van der Waals surface area (Å²) in [6, 6.07) is 18.3. The van der Waals surface area contributed by atoms with E-state index in [0.29, 0.717) is 11.7 Å². The summed E-state index contributed by atoms with van der Waals surface area (Å²) in [5, 5.41) is 16.4. The molecule has 4 N–H and O–H groups in total.